The standard InChI is InChI=1S/C10H22N2O4S/c1-3-8-17(15,16)12-9(2)10(14)11-6-4-5-7-13/h9,12-13H,3-8H2,1-2H3,(H,11,14). The Kier molecular flexibility index (Phi) is 8.11. The molecule has 0 aliphatic carbocycles. The van der Waals surface area contributed by atoms with Gasteiger partial charge in [0.05, 0.1) is 11.8 Å². The zero-order valence-electron chi connectivity index (χ0n) is 10.4. The molecule has 1 atom stereocenters. The zero-order chi connectivity index (χ0) is 13.3. The van der Waals surface area contributed by atoms with Gasteiger partial charge in [0.1, 0.15) is 0 Å². The third-order valence-electron chi connectivity index (χ3n) is 2.11. The van der Waals surface area contributed by atoms with E-state index < -0.39 is 16.1 Å². The van der Waals surface area contributed by atoms with Crippen LogP contribution in [0.3, 0.4) is 0 Å². The van der Waals surface area contributed by atoms with Crippen molar-refractivity contribution in [3.05, 3.63) is 0 Å². The van der Waals surface area contributed by atoms with Gasteiger partial charge in [-0.2, -0.15) is 0 Å². The molecule has 7 heteroatoms. The van der Waals surface area contributed by atoms with Crippen LogP contribution in [0.25, 0.3) is 0 Å². The number of amides is 1. The lowest BCUT2D eigenvalue weighted by Crippen LogP contribution is -2.45. The fourth-order valence-corrected chi connectivity index (χ4v) is 2.55. The van der Waals surface area contributed by atoms with E-state index in [1.165, 1.54) is 6.92 Å². The summed E-state index contributed by atoms with van der Waals surface area (Å²) in [5, 5.41) is 11.2. The van der Waals surface area contributed by atoms with E-state index in [4.69, 9.17) is 5.11 Å². The number of hydrogen-bond donors (Lipinski definition) is 3. The maximum atomic E-state index is 11.5. The van der Waals surface area contributed by atoms with E-state index in [0.29, 0.717) is 25.8 Å². The van der Waals surface area contributed by atoms with Gasteiger partial charge in [-0.25, -0.2) is 13.1 Å². The van der Waals surface area contributed by atoms with Crippen LogP contribution in [0, 0.1) is 0 Å². The van der Waals surface area contributed by atoms with Gasteiger partial charge in [-0.05, 0) is 26.2 Å². The predicted molar refractivity (Wildman–Crippen MR) is 66.0 cm³/mol. The van der Waals surface area contributed by atoms with Gasteiger partial charge in [0.15, 0.2) is 0 Å². The summed E-state index contributed by atoms with van der Waals surface area (Å²) in [4.78, 5) is 11.5. The highest BCUT2D eigenvalue weighted by atomic mass is 32.2. The number of carbonyl (C=O) groups excluding carboxylic acids is 1. The molecular weight excluding hydrogens is 244 g/mol. The number of aliphatic hydroxyl groups is 1. The molecule has 0 saturated carbocycles. The molecule has 0 saturated heterocycles. The number of unbranched alkanes of at least 4 members (excludes halogenated alkanes) is 1. The number of aliphatic hydroxyl groups excluding tert-OH is 1. The molecule has 17 heavy (non-hydrogen) atoms. The maximum absolute atomic E-state index is 11.5. The average molecular weight is 266 g/mol. The summed E-state index contributed by atoms with van der Waals surface area (Å²) in [5.41, 5.74) is 0. The highest BCUT2D eigenvalue weighted by Gasteiger charge is 2.18. The Hall–Kier alpha value is -0.660. The maximum Gasteiger partial charge on any atom is 0.237 e. The molecule has 6 nitrogen and oxygen atoms in total. The summed E-state index contributed by atoms with van der Waals surface area (Å²) in [7, 11) is -3.36. The van der Waals surface area contributed by atoms with E-state index in [1.807, 2.05) is 0 Å². The SMILES string of the molecule is CCCS(=O)(=O)NC(C)C(=O)NCCCCO. The fourth-order valence-electron chi connectivity index (χ4n) is 1.25. The van der Waals surface area contributed by atoms with E-state index in [0.717, 1.165) is 0 Å². The molecule has 0 rings (SSSR count). The minimum Gasteiger partial charge on any atom is -0.396 e. The van der Waals surface area contributed by atoms with Gasteiger partial charge in [-0.1, -0.05) is 6.92 Å². The van der Waals surface area contributed by atoms with Crippen molar-refractivity contribution in [1.29, 1.82) is 0 Å². The summed E-state index contributed by atoms with van der Waals surface area (Å²) < 4.78 is 25.1. The van der Waals surface area contributed by atoms with Crippen molar-refractivity contribution in [1.82, 2.24) is 10.0 Å². The smallest absolute Gasteiger partial charge is 0.237 e. The topological polar surface area (TPSA) is 95.5 Å². The van der Waals surface area contributed by atoms with Gasteiger partial charge in [-0.3, -0.25) is 4.79 Å². The molecule has 1 amide bonds. The first-order chi connectivity index (χ1) is 7.93. The quantitative estimate of drug-likeness (QED) is 0.494. The van der Waals surface area contributed by atoms with Gasteiger partial charge in [0.25, 0.3) is 0 Å². The minimum absolute atomic E-state index is 0.0229. The lowest BCUT2D eigenvalue weighted by Gasteiger charge is -2.13. The molecule has 0 fully saturated rings. The van der Waals surface area contributed by atoms with Gasteiger partial charge >= 0.3 is 0 Å². The van der Waals surface area contributed by atoms with Crippen LogP contribution in [-0.2, 0) is 14.8 Å². The van der Waals surface area contributed by atoms with Crippen LogP contribution in [0.5, 0.6) is 0 Å². The minimum atomic E-state index is -3.36. The lowest BCUT2D eigenvalue weighted by atomic mass is 10.3. The van der Waals surface area contributed by atoms with E-state index in [9.17, 15) is 13.2 Å². The fraction of sp³-hybridized carbons (Fsp3) is 0.900. The summed E-state index contributed by atoms with van der Waals surface area (Å²) >= 11 is 0. The summed E-state index contributed by atoms with van der Waals surface area (Å²) in [6, 6.07) is -0.763. The molecule has 0 aliphatic rings. The van der Waals surface area contributed by atoms with Gasteiger partial charge < -0.3 is 10.4 Å². The Bertz CT molecular complexity index is 316. The normalized spacial score (nSPS) is 13.4. The second kappa shape index (κ2) is 8.43. The Morgan fingerprint density at radius 3 is 2.53 bits per heavy atom. The first kappa shape index (κ1) is 16.3. The van der Waals surface area contributed by atoms with Gasteiger partial charge in [0, 0.05) is 13.2 Å². The van der Waals surface area contributed by atoms with Crippen molar-refractivity contribution in [2.75, 3.05) is 18.9 Å². The molecule has 0 spiro atoms. The second-order valence-electron chi connectivity index (χ2n) is 3.88. The summed E-state index contributed by atoms with van der Waals surface area (Å²) in [6.07, 6.45) is 1.81. The lowest BCUT2D eigenvalue weighted by molar-refractivity contribution is -0.122. The number of hydrogen-bond acceptors (Lipinski definition) is 4. The van der Waals surface area contributed by atoms with Crippen LogP contribution < -0.4 is 10.0 Å². The van der Waals surface area contributed by atoms with Gasteiger partial charge in [0.2, 0.25) is 15.9 Å². The molecular formula is C10H22N2O4S. The van der Waals surface area contributed by atoms with Crippen molar-refractivity contribution >= 4 is 15.9 Å². The van der Waals surface area contributed by atoms with E-state index in [-0.39, 0.29) is 18.3 Å². The molecule has 1 unspecified atom stereocenters. The average Bonchev–Trinajstić information content (AvgIpc) is 2.23. The highest BCUT2D eigenvalue weighted by Crippen LogP contribution is 1.93. The predicted octanol–water partition coefficient (Wildman–Crippen LogP) is -0.407. The van der Waals surface area contributed by atoms with Crippen LogP contribution in [0.15, 0.2) is 0 Å². The number of carbonyl (C=O) groups is 1. The molecule has 0 bridgehead atoms. The Balaban J connectivity index is 3.97. The largest absolute Gasteiger partial charge is 0.396 e. The van der Waals surface area contributed by atoms with Crippen molar-refractivity contribution in [3.8, 4) is 0 Å². The molecule has 0 radical (unpaired) electrons. The van der Waals surface area contributed by atoms with Crippen molar-refractivity contribution < 1.29 is 18.3 Å². The zero-order valence-corrected chi connectivity index (χ0v) is 11.2. The molecule has 0 aromatic carbocycles. The molecule has 0 aliphatic heterocycles. The first-order valence-corrected chi connectivity index (χ1v) is 7.46. The van der Waals surface area contributed by atoms with E-state index in [1.54, 1.807) is 6.92 Å². The van der Waals surface area contributed by atoms with Gasteiger partial charge in [-0.15, -0.1) is 0 Å². The Morgan fingerprint density at radius 2 is 2.00 bits per heavy atom. The third-order valence-corrected chi connectivity index (χ3v) is 3.76. The van der Waals surface area contributed by atoms with Crippen molar-refractivity contribution in [2.24, 2.45) is 0 Å². The van der Waals surface area contributed by atoms with Crippen molar-refractivity contribution in [3.63, 3.8) is 0 Å². The molecule has 3 N–H and O–H groups in total. The first-order valence-electron chi connectivity index (χ1n) is 5.81. The van der Waals surface area contributed by atoms with E-state index in [2.05, 4.69) is 10.0 Å². The summed E-state index contributed by atoms with van der Waals surface area (Å²) in [6.45, 7) is 3.81. The third kappa shape index (κ3) is 8.12. The molecule has 0 aromatic heterocycles. The monoisotopic (exact) mass is 266 g/mol. The number of sulfonamides is 1. The number of rotatable bonds is 9. The van der Waals surface area contributed by atoms with E-state index >= 15 is 0 Å². The highest BCUT2D eigenvalue weighted by molar-refractivity contribution is 7.89. The number of nitrogens with one attached hydrogen (secondary N) is 2. The Labute approximate surface area is 103 Å². The Morgan fingerprint density at radius 1 is 1.35 bits per heavy atom. The second-order valence-corrected chi connectivity index (χ2v) is 5.75. The van der Waals surface area contributed by atoms with Crippen LogP contribution in [0.2, 0.25) is 0 Å². The molecule has 0 heterocycles. The van der Waals surface area contributed by atoms with Crippen LogP contribution in [-0.4, -0.2) is 44.4 Å². The van der Waals surface area contributed by atoms with Crippen LogP contribution in [0.4, 0.5) is 0 Å². The van der Waals surface area contributed by atoms with Crippen LogP contribution >= 0.6 is 0 Å². The van der Waals surface area contributed by atoms with Crippen molar-refractivity contribution in [2.45, 2.75) is 39.2 Å². The molecule has 102 valence electrons. The summed E-state index contributed by atoms with van der Waals surface area (Å²) in [5.74, 6) is -0.322. The molecule has 0 aromatic rings. The van der Waals surface area contributed by atoms with Crippen LogP contribution in [0.1, 0.15) is 33.1 Å².